The van der Waals surface area contributed by atoms with Gasteiger partial charge in [0.2, 0.25) is 11.8 Å². The molecular formula is C29H30Cl2N4O3. The Morgan fingerprint density at radius 3 is 2.29 bits per heavy atom. The molecule has 1 aliphatic heterocycles. The molecule has 1 aliphatic rings. The Kier molecular flexibility index (Phi) is 9.26. The summed E-state index contributed by atoms with van der Waals surface area (Å²) in [5.41, 5.74) is 2.18. The summed E-state index contributed by atoms with van der Waals surface area (Å²) in [5, 5.41) is 5.35. The van der Waals surface area contributed by atoms with Crippen LogP contribution in [0.15, 0.2) is 84.9 Å². The number of nitrogens with one attached hydrogen (secondary N) is 2. The molecule has 38 heavy (non-hydrogen) atoms. The van der Waals surface area contributed by atoms with E-state index in [4.69, 9.17) is 23.2 Å². The third-order valence-electron chi connectivity index (χ3n) is 6.50. The third-order valence-corrected chi connectivity index (χ3v) is 7.18. The molecule has 198 valence electrons. The molecule has 9 heteroatoms. The Morgan fingerprint density at radius 2 is 1.63 bits per heavy atom. The summed E-state index contributed by atoms with van der Waals surface area (Å²) in [6.07, 6.45) is 0.327. The maximum atomic E-state index is 13.7. The lowest BCUT2D eigenvalue weighted by Gasteiger charge is -2.41. The van der Waals surface area contributed by atoms with E-state index in [1.165, 1.54) is 0 Å². The van der Waals surface area contributed by atoms with E-state index < -0.39 is 17.3 Å². The van der Waals surface area contributed by atoms with E-state index >= 15 is 0 Å². The smallest absolute Gasteiger partial charge is 0.322 e. The topological polar surface area (TPSA) is 81.8 Å². The average molecular weight is 553 g/mol. The van der Waals surface area contributed by atoms with Crippen LogP contribution in [0, 0.1) is 0 Å². The van der Waals surface area contributed by atoms with Crippen molar-refractivity contribution in [3.05, 3.63) is 101 Å². The second kappa shape index (κ2) is 12.8. The second-order valence-electron chi connectivity index (χ2n) is 9.29. The van der Waals surface area contributed by atoms with E-state index in [-0.39, 0.29) is 18.0 Å². The fourth-order valence-electron chi connectivity index (χ4n) is 4.51. The highest BCUT2D eigenvalue weighted by Gasteiger charge is 2.34. The highest BCUT2D eigenvalue weighted by molar-refractivity contribution is 6.31. The van der Waals surface area contributed by atoms with Crippen LogP contribution in [0.5, 0.6) is 0 Å². The van der Waals surface area contributed by atoms with Gasteiger partial charge in [0, 0.05) is 42.8 Å². The summed E-state index contributed by atoms with van der Waals surface area (Å²) in [7, 11) is 0. The quantitative estimate of drug-likeness (QED) is 0.399. The molecule has 3 aromatic rings. The monoisotopic (exact) mass is 552 g/mol. The average Bonchev–Trinajstić information content (AvgIpc) is 2.92. The highest BCUT2D eigenvalue weighted by atomic mass is 35.5. The number of carbonyl (C=O) groups is 3. The van der Waals surface area contributed by atoms with Crippen molar-refractivity contribution in [1.82, 2.24) is 15.1 Å². The Bertz CT molecular complexity index is 1260. The van der Waals surface area contributed by atoms with Crippen molar-refractivity contribution < 1.29 is 14.4 Å². The molecule has 0 radical (unpaired) electrons. The van der Waals surface area contributed by atoms with E-state index in [1.54, 1.807) is 46.2 Å². The number of amides is 4. The van der Waals surface area contributed by atoms with Crippen LogP contribution in [0.2, 0.25) is 5.02 Å². The molecule has 1 saturated heterocycles. The number of nitrogens with zero attached hydrogens (tertiary/aromatic N) is 2. The SMILES string of the molecule is C[C@@H]1CN(C(=O)[C@H](Cc2ccccc2)NC(=O)[C@H](Cl)c2ccccc2)CCN1C(=O)Nc1cccc(Cl)c1. The molecule has 0 aromatic heterocycles. The zero-order valence-electron chi connectivity index (χ0n) is 21.0. The summed E-state index contributed by atoms with van der Waals surface area (Å²) >= 11 is 12.5. The molecule has 4 rings (SSSR count). The van der Waals surface area contributed by atoms with Crippen LogP contribution in [-0.4, -0.2) is 59.4 Å². The molecule has 7 nitrogen and oxygen atoms in total. The fraction of sp³-hybridized carbons (Fsp3) is 0.276. The lowest BCUT2D eigenvalue weighted by atomic mass is 10.0. The number of alkyl halides is 1. The summed E-state index contributed by atoms with van der Waals surface area (Å²) in [6, 6.07) is 24.2. The Labute approximate surface area is 232 Å². The van der Waals surface area contributed by atoms with E-state index in [0.29, 0.717) is 42.3 Å². The molecule has 3 aromatic carbocycles. The minimum atomic E-state index is -0.923. The largest absolute Gasteiger partial charge is 0.342 e. The minimum Gasteiger partial charge on any atom is -0.342 e. The number of piperazine rings is 1. The van der Waals surface area contributed by atoms with Crippen LogP contribution in [0.4, 0.5) is 10.5 Å². The lowest BCUT2D eigenvalue weighted by molar-refractivity contribution is -0.138. The first kappa shape index (κ1) is 27.5. The number of hydrogen-bond acceptors (Lipinski definition) is 3. The van der Waals surface area contributed by atoms with Gasteiger partial charge < -0.3 is 20.4 Å². The van der Waals surface area contributed by atoms with Gasteiger partial charge in [0.25, 0.3) is 0 Å². The normalized spacial score (nSPS) is 16.9. The van der Waals surface area contributed by atoms with Gasteiger partial charge in [-0.2, -0.15) is 0 Å². The number of halogens is 2. The van der Waals surface area contributed by atoms with E-state index in [2.05, 4.69) is 10.6 Å². The van der Waals surface area contributed by atoms with Gasteiger partial charge in [-0.1, -0.05) is 78.3 Å². The van der Waals surface area contributed by atoms with Crippen molar-refractivity contribution in [3.8, 4) is 0 Å². The maximum absolute atomic E-state index is 13.7. The number of rotatable bonds is 7. The fourth-order valence-corrected chi connectivity index (χ4v) is 4.91. The van der Waals surface area contributed by atoms with Gasteiger partial charge in [-0.05, 0) is 36.2 Å². The van der Waals surface area contributed by atoms with Gasteiger partial charge in [-0.3, -0.25) is 9.59 Å². The highest BCUT2D eigenvalue weighted by Crippen LogP contribution is 2.22. The predicted molar refractivity (Wildman–Crippen MR) is 150 cm³/mol. The van der Waals surface area contributed by atoms with Gasteiger partial charge in [0.05, 0.1) is 0 Å². The molecule has 3 atom stereocenters. The van der Waals surface area contributed by atoms with Crippen LogP contribution in [0.1, 0.15) is 23.4 Å². The number of hydrogen-bond donors (Lipinski definition) is 2. The van der Waals surface area contributed by atoms with Crippen LogP contribution in [0.25, 0.3) is 0 Å². The van der Waals surface area contributed by atoms with Crippen molar-refractivity contribution in [2.45, 2.75) is 30.8 Å². The van der Waals surface area contributed by atoms with Crippen LogP contribution in [-0.2, 0) is 16.0 Å². The molecule has 2 N–H and O–H groups in total. The van der Waals surface area contributed by atoms with Gasteiger partial charge in [0.15, 0.2) is 0 Å². The Hall–Kier alpha value is -3.55. The lowest BCUT2D eigenvalue weighted by Crippen LogP contribution is -2.60. The molecule has 1 heterocycles. The van der Waals surface area contributed by atoms with Crippen LogP contribution >= 0.6 is 23.2 Å². The van der Waals surface area contributed by atoms with E-state index in [1.807, 2.05) is 55.5 Å². The first-order chi connectivity index (χ1) is 18.3. The van der Waals surface area contributed by atoms with Crippen molar-refractivity contribution in [2.75, 3.05) is 25.0 Å². The molecule has 0 bridgehead atoms. The van der Waals surface area contributed by atoms with Crippen molar-refractivity contribution in [2.24, 2.45) is 0 Å². The first-order valence-corrected chi connectivity index (χ1v) is 13.3. The van der Waals surface area contributed by atoms with E-state index in [9.17, 15) is 14.4 Å². The van der Waals surface area contributed by atoms with Crippen molar-refractivity contribution in [3.63, 3.8) is 0 Å². The first-order valence-electron chi connectivity index (χ1n) is 12.5. The van der Waals surface area contributed by atoms with Gasteiger partial charge in [-0.25, -0.2) is 4.79 Å². The minimum absolute atomic E-state index is 0.208. The molecule has 0 aliphatic carbocycles. The second-order valence-corrected chi connectivity index (χ2v) is 10.2. The molecule has 0 unspecified atom stereocenters. The maximum Gasteiger partial charge on any atom is 0.322 e. The zero-order chi connectivity index (χ0) is 27.1. The predicted octanol–water partition coefficient (Wildman–Crippen LogP) is 5.11. The van der Waals surface area contributed by atoms with Crippen LogP contribution < -0.4 is 10.6 Å². The molecule has 1 fully saturated rings. The summed E-state index contributed by atoms with van der Waals surface area (Å²) in [4.78, 5) is 43.0. The molecular weight excluding hydrogens is 523 g/mol. The standard InChI is InChI=1S/C29H30Cl2N4O3/c1-20-19-34(15-16-35(20)29(38)32-24-14-8-13-23(30)18-24)28(37)25(17-21-9-4-2-5-10-21)33-27(36)26(31)22-11-6-3-7-12-22/h2-14,18,20,25-26H,15-17,19H2,1H3,(H,32,38)(H,33,36)/t20-,25+,26-/m1/s1. The molecule has 0 saturated carbocycles. The zero-order valence-corrected chi connectivity index (χ0v) is 22.5. The molecule has 0 spiro atoms. The number of anilines is 1. The number of carbonyl (C=O) groups excluding carboxylic acids is 3. The van der Waals surface area contributed by atoms with Gasteiger partial charge in [0.1, 0.15) is 11.4 Å². The van der Waals surface area contributed by atoms with E-state index in [0.717, 1.165) is 5.56 Å². The summed E-state index contributed by atoms with van der Waals surface area (Å²) in [5.74, 6) is -0.638. The molecule has 4 amide bonds. The van der Waals surface area contributed by atoms with Crippen LogP contribution in [0.3, 0.4) is 0 Å². The Balaban J connectivity index is 1.43. The third kappa shape index (κ3) is 7.05. The van der Waals surface area contributed by atoms with Crippen molar-refractivity contribution in [1.29, 1.82) is 0 Å². The van der Waals surface area contributed by atoms with Crippen molar-refractivity contribution >= 4 is 46.7 Å². The summed E-state index contributed by atoms with van der Waals surface area (Å²) < 4.78 is 0. The summed E-state index contributed by atoms with van der Waals surface area (Å²) in [6.45, 7) is 2.93. The van der Waals surface area contributed by atoms with Gasteiger partial charge >= 0.3 is 6.03 Å². The number of urea groups is 1. The van der Waals surface area contributed by atoms with Gasteiger partial charge in [-0.15, -0.1) is 11.6 Å². The Morgan fingerprint density at radius 1 is 0.947 bits per heavy atom. The number of benzene rings is 3.